The fraction of sp³-hybridized carbons (Fsp3) is 0.294. The van der Waals surface area contributed by atoms with E-state index in [4.69, 9.17) is 51.6 Å². The van der Waals surface area contributed by atoms with Crippen LogP contribution in [0.2, 0.25) is 10.0 Å². The van der Waals surface area contributed by atoms with Gasteiger partial charge in [-0.25, -0.2) is 8.78 Å². The van der Waals surface area contributed by atoms with Crippen molar-refractivity contribution in [2.75, 3.05) is 48.7 Å². The molecule has 2 heterocycles. The molecular weight excluding hydrogens is 1260 g/mol. The van der Waals surface area contributed by atoms with Crippen molar-refractivity contribution >= 4 is 126 Å². The van der Waals surface area contributed by atoms with Gasteiger partial charge in [-0.2, -0.15) is 0 Å². The number of methoxy groups -OCH3 is 2. The summed E-state index contributed by atoms with van der Waals surface area (Å²) in [6.45, 7) is 0.865. The Balaban J connectivity index is 0.000000236. The van der Waals surface area contributed by atoms with Gasteiger partial charge in [-0.15, -0.1) is 0 Å². The van der Waals surface area contributed by atoms with Gasteiger partial charge in [0.1, 0.15) is 45.5 Å². The van der Waals surface area contributed by atoms with Gasteiger partial charge in [0.15, 0.2) is 23.0 Å². The van der Waals surface area contributed by atoms with E-state index < -0.39 is 58.0 Å². The largest absolute Gasteiger partial charge is 2.00 e. The second-order valence-corrected chi connectivity index (χ2v) is 22.7. The first kappa shape index (κ1) is 69.8. The molecule has 6 aromatic carbocycles. The number of pyridine rings is 2. The number of carboxylic acids is 2. The van der Waals surface area contributed by atoms with Gasteiger partial charge in [-0.1, -0.05) is 48.9 Å². The topological polar surface area (TPSA) is 278 Å². The number of rotatable bonds is 30. The average Bonchev–Trinajstić information content (AvgIpc) is 1.58. The summed E-state index contributed by atoms with van der Waals surface area (Å²) >= 11 is 13.1. The van der Waals surface area contributed by atoms with Crippen molar-refractivity contribution in [1.29, 1.82) is 0 Å². The number of nitrogens with one attached hydrogen (secondary N) is 4. The predicted molar refractivity (Wildman–Crippen MR) is 343 cm³/mol. The molecule has 25 heteroatoms. The number of carbonyl (C=O) groups is 6. The summed E-state index contributed by atoms with van der Waals surface area (Å²) in [6.07, 6.45) is 10.7. The van der Waals surface area contributed by atoms with Crippen LogP contribution in [-0.4, -0.2) is 96.0 Å². The molecule has 0 radical (unpaired) electrons. The second-order valence-electron chi connectivity index (χ2n) is 21.9. The molecule has 0 saturated heterocycles. The molecule has 93 heavy (non-hydrogen) atoms. The predicted octanol–water partition coefficient (Wildman–Crippen LogP) is 12.1. The van der Waals surface area contributed by atoms with Gasteiger partial charge >= 0.3 is 23.1 Å². The van der Waals surface area contributed by atoms with E-state index in [0.29, 0.717) is 142 Å². The van der Waals surface area contributed by atoms with Crippen molar-refractivity contribution in [3.63, 3.8) is 0 Å². The number of anilines is 4. The Morgan fingerprint density at radius 2 is 0.785 bits per heavy atom. The molecule has 0 aliphatic heterocycles. The van der Waals surface area contributed by atoms with Crippen LogP contribution in [0.15, 0.2) is 134 Å². The quantitative estimate of drug-likeness (QED) is 0.0185. The van der Waals surface area contributed by atoms with Crippen molar-refractivity contribution in [3.8, 4) is 46.0 Å². The number of carbonyl (C=O) groups excluding carboxylic acids is 6. The third kappa shape index (κ3) is 18.6. The fourth-order valence-electron chi connectivity index (χ4n) is 9.79. The van der Waals surface area contributed by atoms with Crippen LogP contribution in [0.5, 0.6) is 46.0 Å². The number of aromatic nitrogens is 2. The fourth-order valence-corrected chi connectivity index (χ4v) is 10.2. The molecule has 4 amide bonds. The second kappa shape index (κ2) is 32.5. The number of benzene rings is 6. The van der Waals surface area contributed by atoms with Crippen molar-refractivity contribution in [2.24, 2.45) is 10.8 Å². The first-order chi connectivity index (χ1) is 44.4. The Bertz CT molecular complexity index is 3750. The van der Waals surface area contributed by atoms with Gasteiger partial charge in [-0.05, 0) is 173 Å². The van der Waals surface area contributed by atoms with Gasteiger partial charge < -0.3 is 69.5 Å². The Kier molecular flexibility index (Phi) is 24.4. The molecule has 4 N–H and O–H groups in total. The van der Waals surface area contributed by atoms with E-state index in [0.717, 1.165) is 38.5 Å². The number of ether oxygens (including phenoxy) is 6. The molecule has 2 aromatic heterocycles. The summed E-state index contributed by atoms with van der Waals surface area (Å²) in [6, 6.07) is 30.7. The van der Waals surface area contributed by atoms with Crippen LogP contribution in [0.1, 0.15) is 89.9 Å². The van der Waals surface area contributed by atoms with E-state index in [1.807, 2.05) is 0 Å². The minimum atomic E-state index is -1.21. The summed E-state index contributed by atoms with van der Waals surface area (Å²) in [5, 5.41) is 33.8. The van der Waals surface area contributed by atoms with Crippen LogP contribution in [0.25, 0.3) is 21.8 Å². The van der Waals surface area contributed by atoms with Crippen LogP contribution >= 0.6 is 23.2 Å². The van der Waals surface area contributed by atoms with Crippen LogP contribution in [0.3, 0.4) is 0 Å². The number of halogens is 4. The van der Waals surface area contributed by atoms with Crippen LogP contribution in [0, 0.1) is 22.5 Å². The van der Waals surface area contributed by atoms with Gasteiger partial charge in [0, 0.05) is 70.0 Å². The maximum absolute atomic E-state index is 13.2. The molecule has 480 valence electrons. The van der Waals surface area contributed by atoms with E-state index in [9.17, 15) is 47.8 Å². The average molecular weight is 1320 g/mol. The van der Waals surface area contributed by atoms with Crippen molar-refractivity contribution in [3.05, 3.63) is 155 Å². The number of carboxylic acid groups (broad SMARTS) is 2. The Hall–Kier alpha value is -9.03. The van der Waals surface area contributed by atoms with Gasteiger partial charge in [-0.3, -0.25) is 29.1 Å². The zero-order valence-corrected chi connectivity index (χ0v) is 53.8. The Morgan fingerprint density at radius 1 is 0.441 bits per heavy atom. The number of unbranched alkanes of at least 4 members (excludes halogenated alkanes) is 6. The van der Waals surface area contributed by atoms with Gasteiger partial charge in [0.25, 0.3) is 0 Å². The summed E-state index contributed by atoms with van der Waals surface area (Å²) in [5.41, 5.74) is 0.378. The molecule has 8 aromatic rings. The monoisotopic (exact) mass is 1320 g/mol. The Morgan fingerprint density at radius 3 is 1.12 bits per heavy atom. The van der Waals surface area contributed by atoms with Crippen molar-refractivity contribution in [2.45, 2.75) is 89.9 Å². The van der Waals surface area contributed by atoms with Gasteiger partial charge in [0.2, 0.25) is 23.6 Å². The smallest absolute Gasteiger partial charge is 0.550 e. The molecule has 2 fully saturated rings. The van der Waals surface area contributed by atoms with Crippen LogP contribution in [-0.2, 0) is 28.8 Å². The normalized spacial score (nSPS) is 13.0. The maximum Gasteiger partial charge on any atom is 2.00 e. The van der Waals surface area contributed by atoms with E-state index in [1.165, 1.54) is 74.9 Å². The molecule has 2 aliphatic carbocycles. The molecule has 20 nitrogen and oxygen atoms in total. The summed E-state index contributed by atoms with van der Waals surface area (Å²) in [7, 11) is 3.07. The van der Waals surface area contributed by atoms with E-state index in [-0.39, 0.29) is 45.9 Å². The van der Waals surface area contributed by atoms with Gasteiger partial charge in [0.05, 0.1) is 48.5 Å². The zero-order valence-electron chi connectivity index (χ0n) is 50.8. The first-order valence-corrected chi connectivity index (χ1v) is 30.4. The zero-order chi connectivity index (χ0) is 65.4. The number of fused-ring (bicyclic) bond motifs is 2. The number of aliphatic carboxylic acids is 2. The third-order valence-corrected chi connectivity index (χ3v) is 15.9. The minimum absolute atomic E-state index is 0. The molecule has 2 saturated carbocycles. The number of hydrogen-bond donors (Lipinski definition) is 4. The standard InChI is InChI=1S/2C34H33ClFN3O7.Mg/c2*1-44-29-19-24-26(20-30(29)45-17-5-3-2-4-6-31(40)41)37-16-13-27(24)46-28-12-11-23(18-25(28)35)39-33(43)34(14-15-34)32(42)38-22-9-7-21(36)8-10-22;/h2*7-13,16,18-20H,2-6,14-15,17H2,1H3,(H,38,42)(H,39,43)(H,40,41);/q;;+2/p-2. The van der Waals surface area contributed by atoms with Crippen molar-refractivity contribution < 1.29 is 76.2 Å². The molecular formula is C68H64Cl2F2MgN6O14. The maximum atomic E-state index is 13.2. The summed E-state index contributed by atoms with van der Waals surface area (Å²) in [4.78, 5) is 81.9. The number of nitrogens with zero attached hydrogens (tertiary/aromatic N) is 2. The molecule has 0 unspecified atom stereocenters. The van der Waals surface area contributed by atoms with E-state index in [1.54, 1.807) is 73.1 Å². The van der Waals surface area contributed by atoms with Crippen LogP contribution < -0.4 is 59.9 Å². The SMILES string of the molecule is COc1cc2c(Oc3ccc(NC(=O)C4(C(=O)Nc5ccc(F)cc5)CC4)cc3Cl)ccnc2cc1OCCCCCCC(=O)[O-].COc1cc2c(Oc3ccc(NC(=O)C4(C(=O)Nc5ccc(F)cc5)CC4)cc3Cl)ccnc2cc1OCCCCCCC(=O)[O-].[Mg+2]. The first-order valence-electron chi connectivity index (χ1n) is 29.7. The van der Waals surface area contributed by atoms with Crippen molar-refractivity contribution in [1.82, 2.24) is 9.97 Å². The summed E-state index contributed by atoms with van der Waals surface area (Å²) in [5.74, 6) is -1.13. The molecule has 0 atom stereocenters. The van der Waals surface area contributed by atoms with E-state index in [2.05, 4.69) is 31.2 Å². The molecule has 0 bridgehead atoms. The number of hydrogen-bond acceptors (Lipinski definition) is 16. The van der Waals surface area contributed by atoms with Crippen LogP contribution in [0.4, 0.5) is 31.5 Å². The third-order valence-electron chi connectivity index (χ3n) is 15.3. The minimum Gasteiger partial charge on any atom is -0.550 e. The summed E-state index contributed by atoms with van der Waals surface area (Å²) < 4.78 is 61.7. The molecule has 2 aliphatic rings. The molecule has 10 rings (SSSR count). The molecule has 0 spiro atoms. The van der Waals surface area contributed by atoms with E-state index >= 15 is 0 Å². The Labute approximate surface area is 560 Å². The number of amides is 4.